The summed E-state index contributed by atoms with van der Waals surface area (Å²) in [6.45, 7) is 0. The number of hydrogen-bond donors (Lipinski definition) is 0. The summed E-state index contributed by atoms with van der Waals surface area (Å²) in [4.78, 5) is 2.37. The highest BCUT2D eigenvalue weighted by Gasteiger charge is 2.19. The van der Waals surface area contributed by atoms with Crippen molar-refractivity contribution in [2.24, 2.45) is 0 Å². The molecule has 1 nitrogen and oxygen atoms in total. The maximum Gasteiger partial charge on any atom is 0.0468 e. The molecule has 9 aromatic rings. The van der Waals surface area contributed by atoms with Gasteiger partial charge >= 0.3 is 0 Å². The molecule has 0 aliphatic heterocycles. The monoisotopic (exact) mass is 655 g/mol. The van der Waals surface area contributed by atoms with E-state index in [1.807, 2.05) is 11.3 Å². The molecule has 1 aromatic heterocycles. The van der Waals surface area contributed by atoms with Crippen LogP contribution >= 0.6 is 11.3 Å². The van der Waals surface area contributed by atoms with Crippen molar-refractivity contribution in [1.29, 1.82) is 0 Å². The van der Waals surface area contributed by atoms with Crippen LogP contribution < -0.4 is 4.90 Å². The standard InChI is InChI=1S/C48H33NS/c1-4-13-34(14-5-1)36-23-27-39(28-24-36)49(40-29-25-37(26-30-40)35-15-6-2-7-16-35)41-31-32-42(46(33-41)38-17-8-3-9-18-38)44-20-12-21-45-43-19-10-11-22-47(43)50-48(44)45/h1-33H. The molecule has 0 fully saturated rings. The average molecular weight is 656 g/mol. The van der Waals surface area contributed by atoms with Gasteiger partial charge in [-0.1, -0.05) is 158 Å². The average Bonchev–Trinajstić information content (AvgIpc) is 3.59. The van der Waals surface area contributed by atoms with Gasteiger partial charge in [0.15, 0.2) is 0 Å². The molecule has 0 radical (unpaired) electrons. The van der Waals surface area contributed by atoms with E-state index in [9.17, 15) is 0 Å². The van der Waals surface area contributed by atoms with Crippen LogP contribution in [0, 0.1) is 0 Å². The second kappa shape index (κ2) is 13.0. The van der Waals surface area contributed by atoms with Gasteiger partial charge in [-0.05, 0) is 81.4 Å². The van der Waals surface area contributed by atoms with Gasteiger partial charge < -0.3 is 4.90 Å². The predicted molar refractivity (Wildman–Crippen MR) is 216 cm³/mol. The summed E-state index contributed by atoms with van der Waals surface area (Å²) in [5.74, 6) is 0. The Hall–Kier alpha value is -6.22. The van der Waals surface area contributed by atoms with Crippen LogP contribution in [0.4, 0.5) is 17.1 Å². The lowest BCUT2D eigenvalue weighted by Gasteiger charge is -2.27. The van der Waals surface area contributed by atoms with E-state index in [0.29, 0.717) is 0 Å². The first-order valence-corrected chi connectivity index (χ1v) is 17.8. The number of fused-ring (bicyclic) bond motifs is 3. The normalized spacial score (nSPS) is 11.2. The Morgan fingerprint density at radius 3 is 1.38 bits per heavy atom. The molecule has 8 aromatic carbocycles. The molecule has 0 N–H and O–H groups in total. The van der Waals surface area contributed by atoms with Crippen molar-refractivity contribution in [2.75, 3.05) is 4.90 Å². The topological polar surface area (TPSA) is 3.24 Å². The summed E-state index contributed by atoms with van der Waals surface area (Å²) in [6.07, 6.45) is 0. The molecule has 9 rings (SSSR count). The molecular weight excluding hydrogens is 623 g/mol. The number of anilines is 3. The highest BCUT2D eigenvalue weighted by molar-refractivity contribution is 7.26. The van der Waals surface area contributed by atoms with Gasteiger partial charge in [-0.3, -0.25) is 0 Å². The SMILES string of the molecule is c1ccc(-c2ccc(N(c3ccc(-c4ccccc4)cc3)c3ccc(-c4cccc5c4sc4ccccc45)c(-c4ccccc4)c3)cc2)cc1. The summed E-state index contributed by atoms with van der Waals surface area (Å²) in [7, 11) is 0. The molecule has 0 saturated carbocycles. The van der Waals surface area contributed by atoms with Crippen molar-refractivity contribution in [3.05, 3.63) is 200 Å². The first-order valence-electron chi connectivity index (χ1n) is 17.0. The minimum atomic E-state index is 1.11. The molecule has 0 aliphatic rings. The zero-order valence-electron chi connectivity index (χ0n) is 27.4. The lowest BCUT2D eigenvalue weighted by Crippen LogP contribution is -2.10. The van der Waals surface area contributed by atoms with E-state index in [1.165, 1.54) is 64.7 Å². The summed E-state index contributed by atoms with van der Waals surface area (Å²) < 4.78 is 2.64. The number of hydrogen-bond acceptors (Lipinski definition) is 2. The lowest BCUT2D eigenvalue weighted by molar-refractivity contribution is 1.28. The molecule has 236 valence electrons. The first kappa shape index (κ1) is 29.9. The largest absolute Gasteiger partial charge is 0.310 e. The molecular formula is C48H33NS. The van der Waals surface area contributed by atoms with Crippen LogP contribution in [-0.2, 0) is 0 Å². The molecule has 1 heterocycles. The minimum Gasteiger partial charge on any atom is -0.310 e. The van der Waals surface area contributed by atoms with E-state index < -0.39 is 0 Å². The Morgan fingerprint density at radius 2 is 0.780 bits per heavy atom. The van der Waals surface area contributed by atoms with Gasteiger partial charge in [-0.15, -0.1) is 11.3 Å². The number of thiophene rings is 1. The Bertz CT molecular complexity index is 2470. The van der Waals surface area contributed by atoms with E-state index in [1.54, 1.807) is 0 Å². The Kier molecular flexibility index (Phi) is 7.77. The molecule has 0 atom stereocenters. The van der Waals surface area contributed by atoms with Crippen LogP contribution in [0.3, 0.4) is 0 Å². The van der Waals surface area contributed by atoms with E-state index in [0.717, 1.165) is 17.1 Å². The smallest absolute Gasteiger partial charge is 0.0468 e. The number of nitrogens with zero attached hydrogens (tertiary/aromatic N) is 1. The van der Waals surface area contributed by atoms with Crippen LogP contribution in [0.2, 0.25) is 0 Å². The van der Waals surface area contributed by atoms with Crippen molar-refractivity contribution in [3.63, 3.8) is 0 Å². The zero-order valence-corrected chi connectivity index (χ0v) is 28.2. The fourth-order valence-corrected chi connectivity index (χ4v) is 8.27. The molecule has 0 amide bonds. The van der Waals surface area contributed by atoms with Crippen LogP contribution in [0.1, 0.15) is 0 Å². The van der Waals surface area contributed by atoms with E-state index in [2.05, 4.69) is 205 Å². The van der Waals surface area contributed by atoms with Crippen LogP contribution in [0.15, 0.2) is 200 Å². The highest BCUT2D eigenvalue weighted by Crippen LogP contribution is 2.45. The number of rotatable bonds is 7. The third-order valence-corrected chi connectivity index (χ3v) is 10.7. The summed E-state index contributed by atoms with van der Waals surface area (Å²) in [5, 5.41) is 2.63. The molecule has 50 heavy (non-hydrogen) atoms. The van der Waals surface area contributed by atoms with Crippen molar-refractivity contribution >= 4 is 48.6 Å². The van der Waals surface area contributed by atoms with Gasteiger partial charge in [-0.25, -0.2) is 0 Å². The molecule has 0 bridgehead atoms. The van der Waals surface area contributed by atoms with Gasteiger partial charge in [0, 0.05) is 42.8 Å². The van der Waals surface area contributed by atoms with Crippen LogP contribution in [0.5, 0.6) is 0 Å². The lowest BCUT2D eigenvalue weighted by atomic mass is 9.92. The highest BCUT2D eigenvalue weighted by atomic mass is 32.1. The fraction of sp³-hybridized carbons (Fsp3) is 0. The first-order chi connectivity index (χ1) is 24.8. The third-order valence-electron chi connectivity index (χ3n) is 9.51. The van der Waals surface area contributed by atoms with Crippen molar-refractivity contribution in [3.8, 4) is 44.5 Å². The predicted octanol–water partition coefficient (Wildman–Crippen LogP) is 14.2. The van der Waals surface area contributed by atoms with Gasteiger partial charge in [0.05, 0.1) is 0 Å². The van der Waals surface area contributed by atoms with E-state index >= 15 is 0 Å². The maximum atomic E-state index is 2.37. The molecule has 2 heteroatoms. The van der Waals surface area contributed by atoms with E-state index in [-0.39, 0.29) is 0 Å². The summed E-state index contributed by atoms with van der Waals surface area (Å²) >= 11 is 1.88. The zero-order chi connectivity index (χ0) is 33.3. The maximum absolute atomic E-state index is 2.37. The molecule has 0 aliphatic carbocycles. The quantitative estimate of drug-likeness (QED) is 0.165. The summed E-state index contributed by atoms with van der Waals surface area (Å²) in [5.41, 5.74) is 13.0. The second-order valence-electron chi connectivity index (χ2n) is 12.5. The second-order valence-corrected chi connectivity index (χ2v) is 13.6. The van der Waals surface area contributed by atoms with Crippen molar-refractivity contribution in [2.45, 2.75) is 0 Å². The van der Waals surface area contributed by atoms with Crippen LogP contribution in [-0.4, -0.2) is 0 Å². The fourth-order valence-electron chi connectivity index (χ4n) is 7.04. The van der Waals surface area contributed by atoms with E-state index in [4.69, 9.17) is 0 Å². The Balaban J connectivity index is 1.22. The van der Waals surface area contributed by atoms with Gasteiger partial charge in [0.1, 0.15) is 0 Å². The van der Waals surface area contributed by atoms with Gasteiger partial charge in [0.25, 0.3) is 0 Å². The van der Waals surface area contributed by atoms with Gasteiger partial charge in [0.2, 0.25) is 0 Å². The Labute approximate surface area is 297 Å². The van der Waals surface area contributed by atoms with Crippen LogP contribution in [0.25, 0.3) is 64.7 Å². The Morgan fingerprint density at radius 1 is 0.300 bits per heavy atom. The molecule has 0 unspecified atom stereocenters. The molecule has 0 spiro atoms. The summed E-state index contributed by atoms with van der Waals surface area (Å²) in [6, 6.07) is 72.3. The number of benzene rings is 8. The third kappa shape index (κ3) is 5.56. The molecule has 0 saturated heterocycles. The minimum absolute atomic E-state index is 1.11. The van der Waals surface area contributed by atoms with Crippen molar-refractivity contribution in [1.82, 2.24) is 0 Å². The van der Waals surface area contributed by atoms with Gasteiger partial charge in [-0.2, -0.15) is 0 Å². The van der Waals surface area contributed by atoms with Crippen molar-refractivity contribution < 1.29 is 0 Å².